The van der Waals surface area contributed by atoms with Gasteiger partial charge in [0, 0.05) is 27.1 Å². The Morgan fingerprint density at radius 3 is 2.72 bits per heavy atom. The summed E-state index contributed by atoms with van der Waals surface area (Å²) < 4.78 is 27.3. The summed E-state index contributed by atoms with van der Waals surface area (Å²) in [5.41, 5.74) is 0. The third-order valence-corrected chi connectivity index (χ3v) is 4.90. The predicted octanol–water partition coefficient (Wildman–Crippen LogP) is -0.723. The van der Waals surface area contributed by atoms with E-state index in [1.54, 1.807) is 7.05 Å². The molecule has 6 nitrogen and oxygen atoms in total. The molecule has 1 fully saturated rings. The lowest BCUT2D eigenvalue weighted by Gasteiger charge is -2.21. The number of rotatable bonds is 6. The molecule has 1 rings (SSSR count). The molecule has 0 aromatic carbocycles. The molecule has 18 heavy (non-hydrogen) atoms. The highest BCUT2D eigenvalue weighted by Gasteiger charge is 2.30. The maximum Gasteiger partial charge on any atom is 0.222 e. The van der Waals surface area contributed by atoms with Gasteiger partial charge in [-0.2, -0.15) is 0 Å². The maximum atomic E-state index is 11.8. The summed E-state index contributed by atoms with van der Waals surface area (Å²) in [7, 11) is 0.144. The number of aliphatic hydroxyl groups is 1. The molecular weight excluding hydrogens is 258 g/mol. The molecule has 1 amide bonds. The second-order valence-corrected chi connectivity index (χ2v) is 7.09. The van der Waals surface area contributed by atoms with Crippen LogP contribution in [0.4, 0.5) is 0 Å². The van der Waals surface area contributed by atoms with Crippen molar-refractivity contribution in [2.24, 2.45) is 5.92 Å². The van der Waals surface area contributed by atoms with Crippen LogP contribution in [-0.2, 0) is 19.4 Å². The van der Waals surface area contributed by atoms with E-state index in [9.17, 15) is 18.3 Å². The maximum absolute atomic E-state index is 11.8. The Kier molecular flexibility index (Phi) is 5.55. The third-order valence-electron chi connectivity index (χ3n) is 3.06. The average Bonchev–Trinajstić information content (AvgIpc) is 2.58. The Balaban J connectivity index is 2.36. The normalized spacial score (nSPS) is 23.8. The van der Waals surface area contributed by atoms with Gasteiger partial charge >= 0.3 is 0 Å². The molecule has 1 saturated heterocycles. The highest BCUT2D eigenvalue weighted by atomic mass is 32.2. The number of carbonyl (C=O) groups excluding carboxylic acids is 1. The van der Waals surface area contributed by atoms with Crippen LogP contribution >= 0.6 is 0 Å². The van der Waals surface area contributed by atoms with Gasteiger partial charge in [0.2, 0.25) is 5.91 Å². The Hall–Kier alpha value is -0.660. The first-order valence-corrected chi connectivity index (χ1v) is 7.77. The summed E-state index contributed by atoms with van der Waals surface area (Å²) in [5.74, 6) is 0.0746. The summed E-state index contributed by atoms with van der Waals surface area (Å²) in [6.45, 7) is 0.377. The van der Waals surface area contributed by atoms with Crippen LogP contribution < -0.4 is 0 Å². The van der Waals surface area contributed by atoms with Crippen molar-refractivity contribution in [3.05, 3.63) is 0 Å². The van der Waals surface area contributed by atoms with Gasteiger partial charge in [-0.15, -0.1) is 0 Å². The number of hydrogen-bond acceptors (Lipinski definition) is 5. The third kappa shape index (κ3) is 4.91. The molecule has 2 atom stereocenters. The number of likely N-dealkylation sites (N-methyl/N-ethyl adjacent to an activating group) is 1. The van der Waals surface area contributed by atoms with Crippen molar-refractivity contribution in [3.63, 3.8) is 0 Å². The Morgan fingerprint density at radius 2 is 2.22 bits per heavy atom. The van der Waals surface area contributed by atoms with Crippen molar-refractivity contribution in [1.29, 1.82) is 0 Å². The molecule has 7 heteroatoms. The second-order valence-electron chi connectivity index (χ2n) is 4.86. The molecule has 1 aliphatic rings. The second kappa shape index (κ2) is 6.49. The summed E-state index contributed by atoms with van der Waals surface area (Å²) in [4.78, 5) is 13.3. The van der Waals surface area contributed by atoms with Crippen LogP contribution in [0.2, 0.25) is 0 Å². The number of ether oxygens (including phenoxy) is 1. The SMILES string of the molecule is COCC(O)CN(C)C(=O)CC1CCS(=O)(=O)C1. The van der Waals surface area contributed by atoms with E-state index >= 15 is 0 Å². The van der Waals surface area contributed by atoms with Crippen LogP contribution in [0.1, 0.15) is 12.8 Å². The molecule has 1 aliphatic heterocycles. The zero-order valence-corrected chi connectivity index (χ0v) is 11.6. The van der Waals surface area contributed by atoms with Crippen LogP contribution in [0, 0.1) is 5.92 Å². The van der Waals surface area contributed by atoms with Gasteiger partial charge in [0.05, 0.1) is 24.2 Å². The summed E-state index contributed by atoms with van der Waals surface area (Å²) in [6, 6.07) is 0. The van der Waals surface area contributed by atoms with E-state index in [0.29, 0.717) is 6.42 Å². The van der Waals surface area contributed by atoms with Crippen LogP contribution in [0.3, 0.4) is 0 Å². The summed E-state index contributed by atoms with van der Waals surface area (Å²) >= 11 is 0. The van der Waals surface area contributed by atoms with Crippen molar-refractivity contribution in [1.82, 2.24) is 4.90 Å². The van der Waals surface area contributed by atoms with Gasteiger partial charge in [0.1, 0.15) is 0 Å². The van der Waals surface area contributed by atoms with E-state index < -0.39 is 15.9 Å². The molecule has 1 N–H and O–H groups in total. The minimum absolute atomic E-state index is 0.0792. The van der Waals surface area contributed by atoms with Gasteiger partial charge in [-0.1, -0.05) is 0 Å². The van der Waals surface area contributed by atoms with E-state index in [2.05, 4.69) is 0 Å². The number of hydrogen-bond donors (Lipinski definition) is 1. The fraction of sp³-hybridized carbons (Fsp3) is 0.909. The van der Waals surface area contributed by atoms with Gasteiger partial charge in [0.25, 0.3) is 0 Å². The largest absolute Gasteiger partial charge is 0.389 e. The first kappa shape index (κ1) is 15.4. The molecule has 1 heterocycles. The van der Waals surface area contributed by atoms with Crippen LogP contribution in [0.15, 0.2) is 0 Å². The van der Waals surface area contributed by atoms with E-state index in [1.807, 2.05) is 0 Å². The smallest absolute Gasteiger partial charge is 0.222 e. The lowest BCUT2D eigenvalue weighted by atomic mass is 10.0. The van der Waals surface area contributed by atoms with Crippen LogP contribution in [0.25, 0.3) is 0 Å². The molecule has 106 valence electrons. The number of amides is 1. The van der Waals surface area contributed by atoms with Gasteiger partial charge in [0.15, 0.2) is 9.84 Å². The van der Waals surface area contributed by atoms with Crippen molar-refractivity contribution in [2.75, 3.05) is 38.8 Å². The zero-order chi connectivity index (χ0) is 13.8. The number of aliphatic hydroxyl groups excluding tert-OH is 1. The first-order chi connectivity index (χ1) is 8.34. The monoisotopic (exact) mass is 279 g/mol. The molecular formula is C11H21NO5S. The van der Waals surface area contributed by atoms with Crippen LogP contribution in [0.5, 0.6) is 0 Å². The lowest BCUT2D eigenvalue weighted by Crippen LogP contribution is -2.37. The number of methoxy groups -OCH3 is 1. The Labute approximate surface area is 108 Å². The molecule has 0 bridgehead atoms. The molecule has 0 aliphatic carbocycles. The van der Waals surface area contributed by atoms with E-state index in [1.165, 1.54) is 12.0 Å². The van der Waals surface area contributed by atoms with Gasteiger partial charge < -0.3 is 14.7 Å². The number of carbonyl (C=O) groups is 1. The minimum atomic E-state index is -2.94. The topological polar surface area (TPSA) is 83.9 Å². The standard InChI is InChI=1S/C11H21NO5S/c1-12(6-10(13)7-17-2)11(14)5-9-3-4-18(15,16)8-9/h9-10,13H,3-8H2,1-2H3. The average molecular weight is 279 g/mol. The van der Waals surface area contributed by atoms with E-state index in [-0.39, 0.29) is 42.9 Å². The highest BCUT2D eigenvalue weighted by Crippen LogP contribution is 2.22. The quantitative estimate of drug-likeness (QED) is 0.693. The van der Waals surface area contributed by atoms with Crippen molar-refractivity contribution in [2.45, 2.75) is 18.9 Å². The van der Waals surface area contributed by atoms with Crippen molar-refractivity contribution >= 4 is 15.7 Å². The molecule has 0 aromatic heterocycles. The number of sulfone groups is 1. The fourth-order valence-electron chi connectivity index (χ4n) is 2.10. The Bertz CT molecular complexity index is 381. The molecule has 0 radical (unpaired) electrons. The number of nitrogens with zero attached hydrogens (tertiary/aromatic N) is 1. The van der Waals surface area contributed by atoms with Gasteiger partial charge in [-0.05, 0) is 12.3 Å². The summed E-state index contributed by atoms with van der Waals surface area (Å²) in [5, 5.41) is 9.50. The van der Waals surface area contributed by atoms with Crippen LogP contribution in [-0.4, -0.2) is 69.3 Å². The van der Waals surface area contributed by atoms with Gasteiger partial charge in [-0.25, -0.2) is 8.42 Å². The minimum Gasteiger partial charge on any atom is -0.389 e. The zero-order valence-electron chi connectivity index (χ0n) is 10.8. The molecule has 0 spiro atoms. The van der Waals surface area contributed by atoms with Crippen molar-refractivity contribution < 1.29 is 23.1 Å². The fourth-order valence-corrected chi connectivity index (χ4v) is 3.96. The molecule has 2 unspecified atom stereocenters. The molecule has 0 saturated carbocycles. The van der Waals surface area contributed by atoms with E-state index in [0.717, 1.165) is 0 Å². The predicted molar refractivity (Wildman–Crippen MR) is 66.9 cm³/mol. The lowest BCUT2D eigenvalue weighted by molar-refractivity contribution is -0.132. The highest BCUT2D eigenvalue weighted by molar-refractivity contribution is 7.91. The summed E-state index contributed by atoms with van der Waals surface area (Å²) in [6.07, 6.45) is 0.0779. The van der Waals surface area contributed by atoms with Gasteiger partial charge in [-0.3, -0.25) is 4.79 Å². The Morgan fingerprint density at radius 1 is 1.56 bits per heavy atom. The first-order valence-electron chi connectivity index (χ1n) is 5.95. The molecule has 0 aromatic rings. The van der Waals surface area contributed by atoms with E-state index in [4.69, 9.17) is 4.74 Å². The van der Waals surface area contributed by atoms with Crippen molar-refractivity contribution in [3.8, 4) is 0 Å².